The first-order valence-electron chi connectivity index (χ1n) is 7.06. The normalized spacial score (nSPS) is 18.4. The molecular weight excluding hydrogens is 287 g/mol. The fraction of sp³-hybridized carbons (Fsp3) is 0.846. The molecule has 0 aliphatic heterocycles. The van der Waals surface area contributed by atoms with Gasteiger partial charge >= 0.3 is 6.18 Å². The Hall–Kier alpha value is -1.47. The molecule has 1 aliphatic carbocycles. The summed E-state index contributed by atoms with van der Waals surface area (Å²) in [6.07, 6.45) is -3.23. The van der Waals surface area contributed by atoms with Crippen LogP contribution in [0.3, 0.4) is 0 Å². The SMILES string of the molecule is CCCC(CCC)(C(=O)NC1(C(F)(F)F)CC1)C(N)=NO. The highest BCUT2D eigenvalue weighted by Crippen LogP contribution is 2.49. The van der Waals surface area contributed by atoms with Crippen LogP contribution in [0.1, 0.15) is 52.4 Å². The summed E-state index contributed by atoms with van der Waals surface area (Å²) in [5.74, 6) is -1.14. The second kappa shape index (κ2) is 6.11. The molecule has 21 heavy (non-hydrogen) atoms. The van der Waals surface area contributed by atoms with Crippen LogP contribution in [0.4, 0.5) is 13.2 Å². The lowest BCUT2D eigenvalue weighted by atomic mass is 9.77. The second-order valence-electron chi connectivity index (χ2n) is 5.60. The molecule has 122 valence electrons. The number of carbonyl (C=O) groups is 1. The quantitative estimate of drug-likeness (QED) is 0.292. The molecule has 0 radical (unpaired) electrons. The van der Waals surface area contributed by atoms with E-state index >= 15 is 0 Å². The van der Waals surface area contributed by atoms with E-state index < -0.39 is 23.0 Å². The van der Waals surface area contributed by atoms with Gasteiger partial charge in [-0.3, -0.25) is 4.79 Å². The van der Waals surface area contributed by atoms with Gasteiger partial charge in [0, 0.05) is 0 Å². The lowest BCUT2D eigenvalue weighted by molar-refractivity contribution is -0.172. The molecule has 1 rings (SSSR count). The number of amides is 1. The molecular formula is C13H22F3N3O2. The number of hydrogen-bond acceptors (Lipinski definition) is 3. The van der Waals surface area contributed by atoms with E-state index in [-0.39, 0.29) is 31.5 Å². The Morgan fingerprint density at radius 2 is 1.76 bits per heavy atom. The Morgan fingerprint density at radius 3 is 2.05 bits per heavy atom. The number of hydrogen-bond donors (Lipinski definition) is 3. The third kappa shape index (κ3) is 3.24. The number of alkyl halides is 3. The van der Waals surface area contributed by atoms with E-state index in [0.29, 0.717) is 12.8 Å². The van der Waals surface area contributed by atoms with Crippen LogP contribution in [-0.2, 0) is 4.79 Å². The summed E-state index contributed by atoms with van der Waals surface area (Å²) in [5, 5.41) is 13.9. The fourth-order valence-corrected chi connectivity index (χ4v) is 2.62. The van der Waals surface area contributed by atoms with Crippen molar-refractivity contribution in [3.8, 4) is 0 Å². The van der Waals surface area contributed by atoms with Gasteiger partial charge in [-0.25, -0.2) is 0 Å². The molecule has 8 heteroatoms. The van der Waals surface area contributed by atoms with Gasteiger partial charge in [-0.2, -0.15) is 13.2 Å². The van der Waals surface area contributed by atoms with Crippen molar-refractivity contribution in [2.75, 3.05) is 0 Å². The smallest absolute Gasteiger partial charge is 0.409 e. The zero-order chi connectivity index (χ0) is 16.3. The lowest BCUT2D eigenvalue weighted by Crippen LogP contribution is -2.56. The lowest BCUT2D eigenvalue weighted by Gasteiger charge is -2.33. The summed E-state index contributed by atoms with van der Waals surface area (Å²) in [6, 6.07) is 0. The van der Waals surface area contributed by atoms with Crippen LogP contribution in [-0.4, -0.2) is 28.7 Å². The van der Waals surface area contributed by atoms with Gasteiger partial charge in [-0.05, 0) is 25.7 Å². The Bertz CT molecular complexity index is 411. The molecule has 4 N–H and O–H groups in total. The van der Waals surface area contributed by atoms with E-state index in [0.717, 1.165) is 0 Å². The van der Waals surface area contributed by atoms with Gasteiger partial charge in [0.1, 0.15) is 11.0 Å². The molecule has 0 atom stereocenters. The molecule has 0 saturated heterocycles. The van der Waals surface area contributed by atoms with Crippen LogP contribution in [0, 0.1) is 5.41 Å². The Labute approximate surface area is 121 Å². The van der Waals surface area contributed by atoms with Gasteiger partial charge in [0.25, 0.3) is 0 Å². The van der Waals surface area contributed by atoms with Gasteiger partial charge < -0.3 is 16.3 Å². The minimum Gasteiger partial charge on any atom is -0.409 e. The predicted octanol–water partition coefficient (Wildman–Crippen LogP) is 2.53. The van der Waals surface area contributed by atoms with E-state index in [1.165, 1.54) is 0 Å². The van der Waals surface area contributed by atoms with Crippen molar-refractivity contribution in [2.45, 2.75) is 64.1 Å². The summed E-state index contributed by atoms with van der Waals surface area (Å²) in [4.78, 5) is 12.5. The number of nitrogens with zero attached hydrogens (tertiary/aromatic N) is 1. The number of nitrogens with one attached hydrogen (secondary N) is 1. The maximum atomic E-state index is 13.0. The van der Waals surface area contributed by atoms with E-state index in [2.05, 4.69) is 10.5 Å². The minimum absolute atomic E-state index is 0.132. The van der Waals surface area contributed by atoms with Crippen LogP contribution in [0.25, 0.3) is 0 Å². The van der Waals surface area contributed by atoms with Gasteiger partial charge in [0.05, 0.1) is 0 Å². The average Bonchev–Trinajstić information content (AvgIpc) is 3.17. The van der Waals surface area contributed by atoms with Crippen LogP contribution >= 0.6 is 0 Å². The number of amidine groups is 1. The first kappa shape index (κ1) is 17.6. The van der Waals surface area contributed by atoms with E-state index in [9.17, 15) is 18.0 Å². The van der Waals surface area contributed by atoms with Crippen LogP contribution in [0.5, 0.6) is 0 Å². The monoisotopic (exact) mass is 309 g/mol. The predicted molar refractivity (Wildman–Crippen MR) is 71.8 cm³/mol. The minimum atomic E-state index is -4.49. The number of nitrogens with two attached hydrogens (primary N) is 1. The van der Waals surface area contributed by atoms with Crippen molar-refractivity contribution in [1.82, 2.24) is 5.32 Å². The number of rotatable bonds is 7. The van der Waals surface area contributed by atoms with Gasteiger partial charge in [-0.1, -0.05) is 31.8 Å². The Kier molecular flexibility index (Phi) is 5.11. The van der Waals surface area contributed by atoms with E-state index in [1.54, 1.807) is 13.8 Å². The molecule has 1 saturated carbocycles. The third-order valence-corrected chi connectivity index (χ3v) is 4.03. The molecule has 0 aromatic heterocycles. The largest absolute Gasteiger partial charge is 0.411 e. The van der Waals surface area contributed by atoms with Crippen molar-refractivity contribution >= 4 is 11.7 Å². The molecule has 0 aromatic carbocycles. The van der Waals surface area contributed by atoms with Crippen molar-refractivity contribution in [3.05, 3.63) is 0 Å². The summed E-state index contributed by atoms with van der Waals surface area (Å²) in [6.45, 7) is 3.58. The molecule has 1 amide bonds. The number of oxime groups is 1. The molecule has 0 spiro atoms. The van der Waals surface area contributed by atoms with Crippen molar-refractivity contribution in [2.24, 2.45) is 16.3 Å². The maximum absolute atomic E-state index is 13.0. The second-order valence-corrected chi connectivity index (χ2v) is 5.60. The van der Waals surface area contributed by atoms with Crippen LogP contribution < -0.4 is 11.1 Å². The molecule has 0 unspecified atom stereocenters. The van der Waals surface area contributed by atoms with Crippen molar-refractivity contribution < 1.29 is 23.2 Å². The van der Waals surface area contributed by atoms with E-state index in [1.807, 2.05) is 0 Å². The first-order valence-corrected chi connectivity index (χ1v) is 7.06. The summed E-state index contributed by atoms with van der Waals surface area (Å²) in [7, 11) is 0. The fourth-order valence-electron chi connectivity index (χ4n) is 2.62. The topological polar surface area (TPSA) is 87.7 Å². The molecule has 5 nitrogen and oxygen atoms in total. The standard InChI is InChI=1S/C13H22F3N3O2/c1-3-5-11(6-4-2,9(17)19-21)10(20)18-12(7-8-12)13(14,15)16/h21H,3-8H2,1-2H3,(H2,17,19)(H,18,20). The zero-order valence-electron chi connectivity index (χ0n) is 12.3. The molecule has 1 aliphatic rings. The Morgan fingerprint density at radius 1 is 1.29 bits per heavy atom. The number of carbonyl (C=O) groups excluding carboxylic acids is 1. The molecule has 1 fully saturated rings. The highest BCUT2D eigenvalue weighted by Gasteiger charge is 2.65. The third-order valence-electron chi connectivity index (χ3n) is 4.03. The highest BCUT2D eigenvalue weighted by molar-refractivity contribution is 6.07. The molecule has 0 heterocycles. The van der Waals surface area contributed by atoms with Crippen LogP contribution in [0.15, 0.2) is 5.16 Å². The van der Waals surface area contributed by atoms with E-state index in [4.69, 9.17) is 10.9 Å². The summed E-state index contributed by atoms with van der Waals surface area (Å²) in [5.41, 5.74) is 2.10. The highest BCUT2D eigenvalue weighted by atomic mass is 19.4. The maximum Gasteiger partial charge on any atom is 0.411 e. The number of halogens is 3. The van der Waals surface area contributed by atoms with Gasteiger partial charge in [0.2, 0.25) is 5.91 Å². The van der Waals surface area contributed by atoms with Gasteiger partial charge in [0.15, 0.2) is 5.84 Å². The summed E-state index contributed by atoms with van der Waals surface area (Å²) < 4.78 is 38.9. The Balaban J connectivity index is 3.06. The van der Waals surface area contributed by atoms with Crippen molar-refractivity contribution in [3.63, 3.8) is 0 Å². The van der Waals surface area contributed by atoms with Gasteiger partial charge in [-0.15, -0.1) is 0 Å². The molecule has 0 aromatic rings. The molecule has 0 bridgehead atoms. The first-order chi connectivity index (χ1) is 9.69. The average molecular weight is 309 g/mol. The zero-order valence-corrected chi connectivity index (χ0v) is 12.3. The summed E-state index contributed by atoms with van der Waals surface area (Å²) >= 11 is 0. The van der Waals surface area contributed by atoms with Crippen molar-refractivity contribution in [1.29, 1.82) is 0 Å². The van der Waals surface area contributed by atoms with Crippen LogP contribution in [0.2, 0.25) is 0 Å².